The Hall–Kier alpha value is -2.87. The molecule has 3 rings (SSSR count). The minimum Gasteiger partial charge on any atom is -0.490 e. The van der Waals surface area contributed by atoms with Gasteiger partial charge in [0.25, 0.3) is 11.1 Å². The van der Waals surface area contributed by atoms with E-state index < -0.39 is 12.5 Å². The number of amides is 2. The van der Waals surface area contributed by atoms with Gasteiger partial charge < -0.3 is 9.47 Å². The van der Waals surface area contributed by atoms with Crippen molar-refractivity contribution in [2.24, 2.45) is 0 Å². The van der Waals surface area contributed by atoms with Crippen LogP contribution in [0, 0.1) is 0 Å². The molecule has 0 aliphatic carbocycles. The van der Waals surface area contributed by atoms with Crippen molar-refractivity contribution in [2.75, 3.05) is 6.61 Å². The van der Waals surface area contributed by atoms with Crippen LogP contribution in [0.5, 0.6) is 11.5 Å². The van der Waals surface area contributed by atoms with Gasteiger partial charge in [0.1, 0.15) is 0 Å². The standard InChI is InChI=1S/C20H17F2NO4S/c1-2-26-16-10-14(8-9-15(16)27-19(21)22)11-17-18(24)23(20(25)28-17)12-13-6-4-3-5-7-13/h3-11,19H,2,12H2,1H3/b17-11-. The molecule has 0 radical (unpaired) electrons. The average molecular weight is 405 g/mol. The molecule has 0 bridgehead atoms. The molecule has 5 nitrogen and oxygen atoms in total. The molecule has 0 spiro atoms. The van der Waals surface area contributed by atoms with Crippen LogP contribution in [-0.2, 0) is 11.3 Å². The highest BCUT2D eigenvalue weighted by atomic mass is 32.2. The van der Waals surface area contributed by atoms with Crippen molar-refractivity contribution in [1.82, 2.24) is 4.90 Å². The molecule has 0 aromatic heterocycles. The van der Waals surface area contributed by atoms with Gasteiger partial charge in [-0.25, -0.2) is 0 Å². The normalized spacial score (nSPS) is 15.6. The summed E-state index contributed by atoms with van der Waals surface area (Å²) in [4.78, 5) is 26.3. The van der Waals surface area contributed by atoms with Gasteiger partial charge in [0, 0.05) is 0 Å². The molecule has 1 aliphatic rings. The molecule has 1 aliphatic heterocycles. The Morgan fingerprint density at radius 3 is 2.54 bits per heavy atom. The first-order valence-electron chi connectivity index (χ1n) is 8.49. The maximum absolute atomic E-state index is 12.6. The molecule has 1 fully saturated rings. The van der Waals surface area contributed by atoms with Gasteiger partial charge in [0.05, 0.1) is 18.1 Å². The van der Waals surface area contributed by atoms with Crippen LogP contribution < -0.4 is 9.47 Å². The minimum absolute atomic E-state index is 0.0915. The van der Waals surface area contributed by atoms with E-state index in [0.29, 0.717) is 5.56 Å². The molecule has 0 unspecified atom stereocenters. The zero-order chi connectivity index (χ0) is 20.1. The number of ether oxygens (including phenoxy) is 2. The summed E-state index contributed by atoms with van der Waals surface area (Å²) in [5.74, 6) is -0.351. The Balaban J connectivity index is 1.82. The third kappa shape index (κ3) is 4.69. The lowest BCUT2D eigenvalue weighted by atomic mass is 10.1. The largest absolute Gasteiger partial charge is 0.490 e. The van der Waals surface area contributed by atoms with Crippen LogP contribution in [0.1, 0.15) is 18.1 Å². The number of benzene rings is 2. The molecular formula is C20H17F2NO4S. The van der Waals surface area contributed by atoms with Gasteiger partial charge in [-0.3, -0.25) is 14.5 Å². The van der Waals surface area contributed by atoms with E-state index >= 15 is 0 Å². The minimum atomic E-state index is -2.97. The number of rotatable bonds is 7. The molecule has 1 heterocycles. The van der Waals surface area contributed by atoms with Gasteiger partial charge >= 0.3 is 6.61 Å². The number of thioether (sulfide) groups is 1. The molecule has 0 N–H and O–H groups in total. The lowest BCUT2D eigenvalue weighted by Crippen LogP contribution is -2.27. The lowest BCUT2D eigenvalue weighted by molar-refractivity contribution is -0.123. The number of carbonyl (C=O) groups excluding carboxylic acids is 2. The number of alkyl halides is 2. The van der Waals surface area contributed by atoms with Crippen molar-refractivity contribution in [2.45, 2.75) is 20.1 Å². The fourth-order valence-corrected chi connectivity index (χ4v) is 3.47. The summed E-state index contributed by atoms with van der Waals surface area (Å²) in [5, 5.41) is -0.359. The van der Waals surface area contributed by atoms with Gasteiger partial charge in [-0.15, -0.1) is 0 Å². The second kappa shape index (κ2) is 8.88. The van der Waals surface area contributed by atoms with E-state index in [2.05, 4.69) is 4.74 Å². The predicted octanol–water partition coefficient (Wildman–Crippen LogP) is 4.92. The van der Waals surface area contributed by atoms with Crippen LogP contribution in [0.2, 0.25) is 0 Å². The summed E-state index contributed by atoms with van der Waals surface area (Å²) in [6.07, 6.45) is 1.53. The third-order valence-corrected chi connectivity index (χ3v) is 4.75. The van der Waals surface area contributed by atoms with E-state index in [4.69, 9.17) is 4.74 Å². The monoisotopic (exact) mass is 405 g/mol. The maximum Gasteiger partial charge on any atom is 0.387 e. The summed E-state index contributed by atoms with van der Waals surface area (Å²) >= 11 is 0.836. The van der Waals surface area contributed by atoms with Crippen LogP contribution in [0.15, 0.2) is 53.4 Å². The van der Waals surface area contributed by atoms with Gasteiger partial charge in [0.15, 0.2) is 11.5 Å². The Bertz CT molecular complexity index is 902. The van der Waals surface area contributed by atoms with E-state index in [1.807, 2.05) is 30.3 Å². The molecule has 8 heteroatoms. The smallest absolute Gasteiger partial charge is 0.387 e. The lowest BCUT2D eigenvalue weighted by Gasteiger charge is -2.12. The summed E-state index contributed by atoms with van der Waals surface area (Å²) in [7, 11) is 0. The number of nitrogens with zero attached hydrogens (tertiary/aromatic N) is 1. The zero-order valence-corrected chi connectivity index (χ0v) is 15.7. The number of imide groups is 1. The summed E-state index contributed by atoms with van der Waals surface area (Å²) in [6.45, 7) is -0.807. The zero-order valence-electron chi connectivity index (χ0n) is 14.9. The van der Waals surface area contributed by atoms with Crippen molar-refractivity contribution in [3.63, 3.8) is 0 Å². The highest BCUT2D eigenvalue weighted by Gasteiger charge is 2.35. The van der Waals surface area contributed by atoms with E-state index in [1.165, 1.54) is 29.2 Å². The first-order chi connectivity index (χ1) is 13.5. The quantitative estimate of drug-likeness (QED) is 0.612. The average Bonchev–Trinajstić information content (AvgIpc) is 2.92. The molecular weight excluding hydrogens is 388 g/mol. The highest BCUT2D eigenvalue weighted by Crippen LogP contribution is 2.35. The second-order valence-electron chi connectivity index (χ2n) is 5.77. The molecule has 0 atom stereocenters. The number of carbonyl (C=O) groups is 2. The molecule has 28 heavy (non-hydrogen) atoms. The van der Waals surface area contributed by atoms with Crippen LogP contribution in [0.25, 0.3) is 6.08 Å². The Labute approximate surface area is 164 Å². The molecule has 1 saturated heterocycles. The topological polar surface area (TPSA) is 55.8 Å². The second-order valence-corrected chi connectivity index (χ2v) is 6.76. The van der Waals surface area contributed by atoms with Crippen molar-refractivity contribution in [1.29, 1.82) is 0 Å². The summed E-state index contributed by atoms with van der Waals surface area (Å²) < 4.78 is 34.8. The van der Waals surface area contributed by atoms with Crippen LogP contribution in [-0.4, -0.2) is 29.3 Å². The maximum atomic E-state index is 12.6. The SMILES string of the molecule is CCOc1cc(/C=C2\SC(=O)N(Cc3ccccc3)C2=O)ccc1OC(F)F. The van der Waals surface area contributed by atoms with Crippen molar-refractivity contribution < 1.29 is 27.8 Å². The summed E-state index contributed by atoms with van der Waals surface area (Å²) in [6, 6.07) is 13.6. The Morgan fingerprint density at radius 1 is 1.11 bits per heavy atom. The van der Waals surface area contributed by atoms with Gasteiger partial charge in [0.2, 0.25) is 0 Å². The predicted molar refractivity (Wildman–Crippen MR) is 102 cm³/mol. The van der Waals surface area contributed by atoms with Gasteiger partial charge in [-0.1, -0.05) is 36.4 Å². The highest BCUT2D eigenvalue weighted by molar-refractivity contribution is 8.18. The molecule has 146 valence electrons. The van der Waals surface area contributed by atoms with E-state index in [1.54, 1.807) is 6.92 Å². The first-order valence-corrected chi connectivity index (χ1v) is 9.30. The van der Waals surface area contributed by atoms with Crippen LogP contribution >= 0.6 is 11.8 Å². The van der Waals surface area contributed by atoms with Gasteiger partial charge in [-0.2, -0.15) is 8.78 Å². The molecule has 2 aromatic rings. The number of hydrogen-bond donors (Lipinski definition) is 0. The van der Waals surface area contributed by atoms with E-state index in [9.17, 15) is 18.4 Å². The fourth-order valence-electron chi connectivity index (χ4n) is 2.63. The van der Waals surface area contributed by atoms with E-state index in [-0.39, 0.29) is 34.8 Å². The summed E-state index contributed by atoms with van der Waals surface area (Å²) in [5.41, 5.74) is 1.38. The van der Waals surface area contributed by atoms with E-state index in [0.717, 1.165) is 17.3 Å². The van der Waals surface area contributed by atoms with Crippen molar-refractivity contribution in [3.8, 4) is 11.5 Å². The Kier molecular flexibility index (Phi) is 6.30. The van der Waals surface area contributed by atoms with Crippen LogP contribution in [0.4, 0.5) is 13.6 Å². The molecule has 2 amide bonds. The first kappa shape index (κ1) is 19.9. The van der Waals surface area contributed by atoms with Crippen molar-refractivity contribution in [3.05, 3.63) is 64.6 Å². The molecule has 0 saturated carbocycles. The third-order valence-electron chi connectivity index (χ3n) is 3.84. The number of halogens is 2. The van der Waals surface area contributed by atoms with Crippen LogP contribution in [0.3, 0.4) is 0 Å². The van der Waals surface area contributed by atoms with Crippen molar-refractivity contribution >= 4 is 29.0 Å². The number of hydrogen-bond acceptors (Lipinski definition) is 5. The fraction of sp³-hybridized carbons (Fsp3) is 0.200. The van der Waals surface area contributed by atoms with Gasteiger partial charge in [-0.05, 0) is 48.0 Å². The Morgan fingerprint density at radius 2 is 1.86 bits per heavy atom. The molecule has 2 aromatic carbocycles.